The van der Waals surface area contributed by atoms with E-state index >= 15 is 8.78 Å². The van der Waals surface area contributed by atoms with Crippen molar-refractivity contribution < 1.29 is 32.8 Å². The molecule has 51 heavy (non-hydrogen) atoms. The van der Waals surface area contributed by atoms with Crippen LogP contribution in [0.15, 0.2) is 24.3 Å². The Morgan fingerprint density at radius 1 is 1.08 bits per heavy atom. The molecule has 12 heteroatoms. The average Bonchev–Trinajstić information content (AvgIpc) is 3.37. The summed E-state index contributed by atoms with van der Waals surface area (Å²) in [5.41, 5.74) is 0.187. The summed E-state index contributed by atoms with van der Waals surface area (Å²) in [6.45, 7) is 3.79. The van der Waals surface area contributed by atoms with Crippen LogP contribution in [0.2, 0.25) is 0 Å². The zero-order chi connectivity index (χ0) is 35.3. The number of fused-ring (bicyclic) bond motifs is 3. The number of piperidine rings is 1. The molecular weight excluding hydrogens is 656 g/mol. The van der Waals surface area contributed by atoms with Gasteiger partial charge in [-0.05, 0) is 80.6 Å². The largest absolute Gasteiger partial charge is 0.508 e. The fourth-order valence-electron chi connectivity index (χ4n) is 9.25. The van der Waals surface area contributed by atoms with Crippen LogP contribution in [0.1, 0.15) is 68.5 Å². The Morgan fingerprint density at radius 3 is 2.73 bits per heavy atom. The van der Waals surface area contributed by atoms with Crippen LogP contribution >= 0.6 is 0 Å². The second-order valence-corrected chi connectivity index (χ2v) is 14.5. The molecule has 0 radical (unpaired) electrons. The van der Waals surface area contributed by atoms with E-state index < -0.39 is 17.7 Å². The molecule has 2 saturated carbocycles. The van der Waals surface area contributed by atoms with E-state index in [-0.39, 0.29) is 39.5 Å². The summed E-state index contributed by atoms with van der Waals surface area (Å²) in [6, 6.07) is 5.46. The molecule has 0 amide bonds. The number of aromatic hydroxyl groups is 1. The Balaban J connectivity index is 1.23. The highest BCUT2D eigenvalue weighted by Gasteiger charge is 2.51. The number of ether oxygens (including phenoxy) is 4. The monoisotopic (exact) mass is 701 g/mol. The molecule has 2 aliphatic carbocycles. The number of anilines is 1. The number of likely N-dealkylation sites (tertiary alicyclic amines) is 1. The molecule has 2 unspecified atom stereocenters. The summed E-state index contributed by atoms with van der Waals surface area (Å²) >= 11 is 0. The molecule has 5 aliphatic rings. The molecule has 2 N–H and O–H groups in total. The first-order valence-corrected chi connectivity index (χ1v) is 18.1. The molecule has 3 atom stereocenters. The summed E-state index contributed by atoms with van der Waals surface area (Å²) < 4.78 is 56.1. The minimum Gasteiger partial charge on any atom is -0.508 e. The number of nitrogens with zero attached hydrogens (tertiary/aromatic N) is 4. The van der Waals surface area contributed by atoms with Gasteiger partial charge in [0.25, 0.3) is 0 Å². The van der Waals surface area contributed by atoms with Crippen LogP contribution in [0.5, 0.6) is 11.8 Å². The number of aromatic nitrogens is 2. The minimum atomic E-state index is -1.21. The zero-order valence-electron chi connectivity index (χ0n) is 29.2. The van der Waals surface area contributed by atoms with Gasteiger partial charge < -0.3 is 34.3 Å². The fourth-order valence-corrected chi connectivity index (χ4v) is 9.25. The lowest BCUT2D eigenvalue weighted by Gasteiger charge is -2.53. The van der Waals surface area contributed by atoms with Crippen molar-refractivity contribution in [2.75, 3.05) is 58.6 Å². The number of halogens is 2. The first kappa shape index (κ1) is 33.9. The molecule has 8 rings (SSSR count). The molecule has 4 heterocycles. The average molecular weight is 702 g/mol. The predicted octanol–water partition coefficient (Wildman–Crippen LogP) is 4.01. The van der Waals surface area contributed by atoms with E-state index in [1.54, 1.807) is 7.11 Å². The molecule has 4 fully saturated rings. The predicted molar refractivity (Wildman–Crippen MR) is 189 cm³/mol. The van der Waals surface area contributed by atoms with Crippen LogP contribution in [0.25, 0.3) is 22.5 Å². The van der Waals surface area contributed by atoms with Gasteiger partial charge in [-0.2, -0.15) is 9.97 Å². The van der Waals surface area contributed by atoms with E-state index in [0.29, 0.717) is 72.9 Å². The molecule has 2 aromatic carbocycles. The van der Waals surface area contributed by atoms with Crippen LogP contribution in [0.3, 0.4) is 0 Å². The lowest BCUT2D eigenvalue weighted by atomic mass is 9.73. The van der Waals surface area contributed by atoms with Crippen molar-refractivity contribution in [3.05, 3.63) is 51.8 Å². The van der Waals surface area contributed by atoms with Crippen molar-refractivity contribution >= 4 is 28.3 Å². The second kappa shape index (κ2) is 13.7. The van der Waals surface area contributed by atoms with Crippen LogP contribution in [-0.4, -0.2) is 91.8 Å². The molecule has 0 spiro atoms. The first-order valence-electron chi connectivity index (χ1n) is 18.1. The van der Waals surface area contributed by atoms with Gasteiger partial charge in [0.1, 0.15) is 34.0 Å². The number of terminal acetylenes is 1. The van der Waals surface area contributed by atoms with E-state index in [0.717, 1.165) is 57.9 Å². The Hall–Kier alpha value is -4.18. The number of rotatable bonds is 8. The van der Waals surface area contributed by atoms with Crippen molar-refractivity contribution in [2.24, 2.45) is 5.41 Å². The van der Waals surface area contributed by atoms with E-state index in [2.05, 4.69) is 21.0 Å². The SMILES string of the molecule is C#Cc1c(F)ccc2cc(O)cc(C3NC(OC)=c4c(N5CCCOCC5)nc(OC[C@]56CCCC5N(C5CC(OC)C5)CCC6)nc4=C3F)c12. The van der Waals surface area contributed by atoms with Gasteiger partial charge in [-0.3, -0.25) is 4.90 Å². The molecule has 10 nitrogen and oxygen atoms in total. The fraction of sp³-hybridized carbons (Fsp3) is 0.538. The van der Waals surface area contributed by atoms with Gasteiger partial charge >= 0.3 is 6.01 Å². The lowest BCUT2D eigenvalue weighted by molar-refractivity contribution is -0.0845. The van der Waals surface area contributed by atoms with E-state index in [1.165, 1.54) is 31.4 Å². The standard InChI is InChI=1S/C39H45F2N5O5/c1-4-27-29(40)10-9-23-18-25(47)21-28(31(23)27)34-33(41)35-32(37(42-34)49-3)36(45-13-7-16-50-17-15-45)44-38(43-35)51-22-39-11-5-8-30(39)46(14-6-12-39)24-19-26(20-24)48-2/h1,9-10,18,21,24,26,30,34,42,47H,5-8,11-17,19-20,22H2,2-3H3/t24?,26?,30?,34?,39-/m1/s1. The van der Waals surface area contributed by atoms with Crippen LogP contribution in [-0.2, 0) is 14.2 Å². The number of phenols is 1. The highest BCUT2D eigenvalue weighted by atomic mass is 19.1. The third-order valence-electron chi connectivity index (χ3n) is 11.8. The molecule has 0 bridgehead atoms. The van der Waals surface area contributed by atoms with Gasteiger partial charge in [-0.15, -0.1) is 6.42 Å². The number of benzene rings is 2. The van der Waals surface area contributed by atoms with Gasteiger partial charge in [0.2, 0.25) is 5.88 Å². The van der Waals surface area contributed by atoms with Crippen molar-refractivity contribution in [2.45, 2.75) is 75.6 Å². The third kappa shape index (κ3) is 5.93. The Kier molecular flexibility index (Phi) is 9.15. The maximum atomic E-state index is 17.2. The maximum absolute atomic E-state index is 17.2. The van der Waals surface area contributed by atoms with Gasteiger partial charge in [0.05, 0.1) is 32.0 Å². The molecule has 1 aromatic heterocycles. The zero-order valence-corrected chi connectivity index (χ0v) is 29.2. The minimum absolute atomic E-state index is 0.0155. The number of hydrogen-bond donors (Lipinski definition) is 2. The summed E-state index contributed by atoms with van der Waals surface area (Å²) in [6.07, 6.45) is 14.5. The van der Waals surface area contributed by atoms with Crippen LogP contribution in [0.4, 0.5) is 14.6 Å². The summed E-state index contributed by atoms with van der Waals surface area (Å²) in [5, 5.41) is 15.0. The lowest BCUT2D eigenvalue weighted by Crippen LogP contribution is -2.59. The van der Waals surface area contributed by atoms with E-state index in [4.69, 9.17) is 35.3 Å². The number of nitrogens with one attached hydrogen (secondary N) is 1. The number of hydrogen-bond acceptors (Lipinski definition) is 10. The van der Waals surface area contributed by atoms with Gasteiger partial charge in [0.15, 0.2) is 5.83 Å². The molecule has 3 aromatic rings. The Morgan fingerprint density at radius 2 is 1.92 bits per heavy atom. The molecule has 270 valence electrons. The summed E-state index contributed by atoms with van der Waals surface area (Å²) in [4.78, 5) is 14.5. The third-order valence-corrected chi connectivity index (χ3v) is 11.8. The van der Waals surface area contributed by atoms with Gasteiger partial charge in [-0.1, -0.05) is 18.4 Å². The smallest absolute Gasteiger partial charge is 0.319 e. The molecule has 3 aliphatic heterocycles. The van der Waals surface area contributed by atoms with Crippen molar-refractivity contribution in [1.29, 1.82) is 0 Å². The van der Waals surface area contributed by atoms with Crippen LogP contribution in [0, 0.1) is 23.6 Å². The quantitative estimate of drug-likeness (QED) is 0.336. The van der Waals surface area contributed by atoms with Crippen molar-refractivity contribution in [1.82, 2.24) is 20.2 Å². The summed E-state index contributed by atoms with van der Waals surface area (Å²) in [5.74, 6) is 1.77. The van der Waals surface area contributed by atoms with Crippen molar-refractivity contribution in [3.63, 3.8) is 0 Å². The van der Waals surface area contributed by atoms with E-state index in [1.807, 2.05) is 0 Å². The van der Waals surface area contributed by atoms with E-state index in [9.17, 15) is 5.11 Å². The van der Waals surface area contributed by atoms with Gasteiger partial charge in [0, 0.05) is 49.7 Å². The van der Waals surface area contributed by atoms with Crippen molar-refractivity contribution in [3.8, 4) is 24.1 Å². The van der Waals surface area contributed by atoms with Gasteiger partial charge in [-0.25, -0.2) is 8.78 Å². The normalized spacial score (nSPS) is 27.9. The molecular formula is C39H45F2N5O5. The highest BCUT2D eigenvalue weighted by molar-refractivity contribution is 5.94. The first-order chi connectivity index (χ1) is 24.8. The number of methoxy groups -OCH3 is 2. The molecule has 2 saturated heterocycles. The van der Waals surface area contributed by atoms with Crippen LogP contribution < -0.4 is 25.5 Å². The highest BCUT2D eigenvalue weighted by Crippen LogP contribution is 2.50. The number of phenolic OH excluding ortho intramolecular Hbond substituents is 1. The Bertz CT molecular complexity index is 1990. The topological polar surface area (TPSA) is 101 Å². The maximum Gasteiger partial charge on any atom is 0.319 e. The summed E-state index contributed by atoms with van der Waals surface area (Å²) in [7, 11) is 3.28. The second-order valence-electron chi connectivity index (χ2n) is 14.5. The Labute approximate surface area is 296 Å².